The van der Waals surface area contributed by atoms with Crippen molar-refractivity contribution in [1.82, 2.24) is 5.32 Å². The molecule has 0 spiro atoms. The van der Waals surface area contributed by atoms with Crippen molar-refractivity contribution in [2.45, 2.75) is 19.4 Å². The van der Waals surface area contributed by atoms with Crippen LogP contribution in [0.25, 0.3) is 0 Å². The van der Waals surface area contributed by atoms with E-state index < -0.39 is 0 Å². The Bertz CT molecular complexity index is 927. The van der Waals surface area contributed by atoms with E-state index in [4.69, 9.17) is 4.74 Å². The fourth-order valence-electron chi connectivity index (χ4n) is 2.70. The smallest absolute Gasteiger partial charge is 0.251 e. The first kappa shape index (κ1) is 19.2. The number of rotatable bonds is 7. The molecule has 3 aromatic rings. The van der Waals surface area contributed by atoms with Crippen molar-refractivity contribution in [2.24, 2.45) is 0 Å². The van der Waals surface area contributed by atoms with E-state index >= 15 is 0 Å². The van der Waals surface area contributed by atoms with Gasteiger partial charge < -0.3 is 15.4 Å². The first-order valence-corrected chi connectivity index (χ1v) is 9.09. The average Bonchev–Trinajstić information content (AvgIpc) is 2.70. The molecular weight excluding hydrogens is 352 g/mol. The van der Waals surface area contributed by atoms with Crippen LogP contribution in [0.2, 0.25) is 0 Å². The van der Waals surface area contributed by atoms with Gasteiger partial charge in [-0.2, -0.15) is 0 Å². The van der Waals surface area contributed by atoms with Crippen LogP contribution in [0.15, 0.2) is 84.9 Å². The summed E-state index contributed by atoms with van der Waals surface area (Å²) in [4.78, 5) is 24.6. The van der Waals surface area contributed by atoms with Gasteiger partial charge in [-0.1, -0.05) is 48.5 Å². The molecule has 142 valence electrons. The predicted octanol–water partition coefficient (Wildman–Crippen LogP) is 4.63. The number of hydrogen-bond donors (Lipinski definition) is 2. The lowest BCUT2D eigenvalue weighted by atomic mass is 10.1. The zero-order valence-electron chi connectivity index (χ0n) is 15.6. The van der Waals surface area contributed by atoms with E-state index in [0.717, 1.165) is 0 Å². The summed E-state index contributed by atoms with van der Waals surface area (Å²) in [6.45, 7) is 1.80. The zero-order chi connectivity index (χ0) is 19.8. The van der Waals surface area contributed by atoms with Gasteiger partial charge in [0.25, 0.3) is 5.91 Å². The first-order valence-electron chi connectivity index (χ1n) is 9.09. The Kier molecular flexibility index (Phi) is 6.41. The third kappa shape index (κ3) is 5.45. The molecule has 1 atom stereocenters. The molecule has 0 aliphatic carbocycles. The molecule has 0 aliphatic rings. The van der Waals surface area contributed by atoms with Crippen LogP contribution in [0.3, 0.4) is 0 Å². The molecule has 3 rings (SSSR count). The van der Waals surface area contributed by atoms with Crippen LogP contribution in [-0.2, 0) is 4.79 Å². The summed E-state index contributed by atoms with van der Waals surface area (Å²) in [5.41, 5.74) is 1.15. The van der Waals surface area contributed by atoms with Gasteiger partial charge in [0.2, 0.25) is 5.91 Å². The van der Waals surface area contributed by atoms with E-state index in [1.807, 2.05) is 48.5 Å². The monoisotopic (exact) mass is 374 g/mol. The Morgan fingerprint density at radius 2 is 1.46 bits per heavy atom. The molecule has 0 aliphatic heterocycles. The molecule has 2 amide bonds. The average molecular weight is 374 g/mol. The molecule has 0 fully saturated rings. The Hall–Kier alpha value is -3.60. The number of hydrogen-bond acceptors (Lipinski definition) is 3. The second kappa shape index (κ2) is 9.37. The van der Waals surface area contributed by atoms with Gasteiger partial charge in [-0.05, 0) is 43.3 Å². The van der Waals surface area contributed by atoms with Crippen LogP contribution >= 0.6 is 0 Å². The lowest BCUT2D eigenvalue weighted by Gasteiger charge is -2.15. The minimum atomic E-state index is -0.310. The van der Waals surface area contributed by atoms with E-state index in [9.17, 15) is 9.59 Å². The third-order valence-electron chi connectivity index (χ3n) is 4.04. The topological polar surface area (TPSA) is 67.4 Å². The molecule has 5 nitrogen and oxygen atoms in total. The van der Waals surface area contributed by atoms with E-state index in [2.05, 4.69) is 10.6 Å². The highest BCUT2D eigenvalue weighted by molar-refractivity contribution is 5.96. The second-order valence-electron chi connectivity index (χ2n) is 6.40. The molecule has 1 unspecified atom stereocenters. The second-order valence-corrected chi connectivity index (χ2v) is 6.40. The highest BCUT2D eigenvalue weighted by Crippen LogP contribution is 2.29. The van der Waals surface area contributed by atoms with Crippen LogP contribution in [0.1, 0.15) is 23.7 Å². The molecule has 2 N–H and O–H groups in total. The number of anilines is 1. The number of para-hydroxylation sites is 3. The van der Waals surface area contributed by atoms with Gasteiger partial charge in [0.1, 0.15) is 5.75 Å². The van der Waals surface area contributed by atoms with E-state index in [-0.39, 0.29) is 24.3 Å². The van der Waals surface area contributed by atoms with E-state index in [1.54, 1.807) is 43.3 Å². The lowest BCUT2D eigenvalue weighted by Crippen LogP contribution is -2.35. The van der Waals surface area contributed by atoms with Gasteiger partial charge in [-0.3, -0.25) is 9.59 Å². The molecule has 0 heterocycles. The molecule has 0 radical (unpaired) electrons. The van der Waals surface area contributed by atoms with Crippen molar-refractivity contribution < 1.29 is 14.3 Å². The van der Waals surface area contributed by atoms with Gasteiger partial charge in [-0.15, -0.1) is 0 Å². The molecular formula is C23H22N2O3. The van der Waals surface area contributed by atoms with Crippen molar-refractivity contribution in [3.63, 3.8) is 0 Å². The van der Waals surface area contributed by atoms with E-state index in [1.165, 1.54) is 0 Å². The predicted molar refractivity (Wildman–Crippen MR) is 110 cm³/mol. The third-order valence-corrected chi connectivity index (χ3v) is 4.04. The summed E-state index contributed by atoms with van der Waals surface area (Å²) in [6, 6.07) is 25.2. The number of carbonyl (C=O) groups is 2. The summed E-state index contributed by atoms with van der Waals surface area (Å²) in [7, 11) is 0. The van der Waals surface area contributed by atoms with E-state index in [0.29, 0.717) is 22.7 Å². The van der Waals surface area contributed by atoms with Gasteiger partial charge >= 0.3 is 0 Å². The Labute approximate surface area is 164 Å². The van der Waals surface area contributed by atoms with Crippen molar-refractivity contribution in [3.05, 3.63) is 90.5 Å². The summed E-state index contributed by atoms with van der Waals surface area (Å²) >= 11 is 0. The van der Waals surface area contributed by atoms with Crippen molar-refractivity contribution in [3.8, 4) is 11.5 Å². The maximum absolute atomic E-state index is 12.4. The van der Waals surface area contributed by atoms with Gasteiger partial charge in [0.05, 0.1) is 5.69 Å². The quantitative estimate of drug-likeness (QED) is 0.634. The number of carbonyl (C=O) groups excluding carboxylic acids is 2. The zero-order valence-corrected chi connectivity index (χ0v) is 15.6. The number of nitrogens with one attached hydrogen (secondary N) is 2. The van der Waals surface area contributed by atoms with Crippen LogP contribution in [0.5, 0.6) is 11.5 Å². The fourth-order valence-corrected chi connectivity index (χ4v) is 2.70. The molecule has 0 saturated carbocycles. The van der Waals surface area contributed by atoms with Crippen LogP contribution in [0.4, 0.5) is 5.69 Å². The van der Waals surface area contributed by atoms with Crippen molar-refractivity contribution in [1.29, 1.82) is 0 Å². The standard InChI is InChI=1S/C23H22N2O3/c1-17(24-23(27)18-10-4-2-5-11-18)16-22(26)25-20-14-8-9-15-21(20)28-19-12-6-3-7-13-19/h2-15,17H,16H2,1H3,(H,24,27)(H,25,26). The van der Waals surface area contributed by atoms with Gasteiger partial charge in [0.15, 0.2) is 5.75 Å². The molecule has 3 aromatic carbocycles. The largest absolute Gasteiger partial charge is 0.455 e. The maximum Gasteiger partial charge on any atom is 0.251 e. The van der Waals surface area contributed by atoms with Gasteiger partial charge in [-0.25, -0.2) is 0 Å². The number of benzene rings is 3. The highest BCUT2D eigenvalue weighted by Gasteiger charge is 2.15. The number of ether oxygens (including phenoxy) is 1. The maximum atomic E-state index is 12.4. The summed E-state index contributed by atoms with van der Waals surface area (Å²) in [5.74, 6) is 0.842. The minimum absolute atomic E-state index is 0.151. The normalized spacial score (nSPS) is 11.3. The fraction of sp³-hybridized carbons (Fsp3) is 0.130. The van der Waals surface area contributed by atoms with Crippen molar-refractivity contribution in [2.75, 3.05) is 5.32 Å². The highest BCUT2D eigenvalue weighted by atomic mass is 16.5. The van der Waals surface area contributed by atoms with Gasteiger partial charge in [0, 0.05) is 18.0 Å². The molecule has 0 bridgehead atoms. The van der Waals surface area contributed by atoms with Crippen LogP contribution < -0.4 is 15.4 Å². The Balaban J connectivity index is 1.58. The summed E-state index contributed by atoms with van der Waals surface area (Å²) < 4.78 is 5.85. The number of amides is 2. The Morgan fingerprint density at radius 1 is 0.857 bits per heavy atom. The summed E-state index contributed by atoms with van der Waals surface area (Å²) in [6.07, 6.45) is 0.151. The molecule has 28 heavy (non-hydrogen) atoms. The summed E-state index contributed by atoms with van der Waals surface area (Å²) in [5, 5.41) is 5.70. The Morgan fingerprint density at radius 3 is 2.18 bits per heavy atom. The SMILES string of the molecule is CC(CC(=O)Nc1ccccc1Oc1ccccc1)NC(=O)c1ccccc1. The molecule has 5 heteroatoms. The molecule has 0 aromatic heterocycles. The van der Waals surface area contributed by atoms with Crippen LogP contribution in [-0.4, -0.2) is 17.9 Å². The van der Waals surface area contributed by atoms with Crippen LogP contribution in [0, 0.1) is 0 Å². The lowest BCUT2D eigenvalue weighted by molar-refractivity contribution is -0.116. The minimum Gasteiger partial charge on any atom is -0.455 e. The first-order chi connectivity index (χ1) is 13.6. The molecule has 0 saturated heterocycles. The van der Waals surface area contributed by atoms with Crippen molar-refractivity contribution >= 4 is 17.5 Å².